The van der Waals surface area contributed by atoms with Gasteiger partial charge in [-0.05, 0) is 110 Å². The van der Waals surface area contributed by atoms with Gasteiger partial charge in [-0.2, -0.15) is 5.10 Å². The van der Waals surface area contributed by atoms with E-state index in [1.807, 2.05) is 12.3 Å². The van der Waals surface area contributed by atoms with Crippen LogP contribution in [-0.2, 0) is 0 Å². The van der Waals surface area contributed by atoms with E-state index in [1.54, 1.807) is 0 Å². The monoisotopic (exact) mass is 618 g/mol. The molecule has 0 N–H and O–H groups in total. The topological polar surface area (TPSA) is 44.9 Å². The molecule has 5 nitrogen and oxygen atoms in total. The summed E-state index contributed by atoms with van der Waals surface area (Å²) in [6, 6.07) is 32.0. The zero-order valence-electron chi connectivity index (χ0n) is 28.6. The van der Waals surface area contributed by atoms with E-state index in [2.05, 4.69) is 150 Å². The zero-order valence-corrected chi connectivity index (χ0v) is 28.6. The van der Waals surface area contributed by atoms with Crippen LogP contribution in [0.2, 0.25) is 0 Å². The van der Waals surface area contributed by atoms with E-state index in [4.69, 9.17) is 14.8 Å². The van der Waals surface area contributed by atoms with E-state index in [9.17, 15) is 0 Å². The van der Waals surface area contributed by atoms with Crippen LogP contribution in [0.1, 0.15) is 73.2 Å². The minimum absolute atomic E-state index is 0.258. The summed E-state index contributed by atoms with van der Waals surface area (Å²) in [6.45, 7) is 17.6. The smallest absolute Gasteiger partial charge is 0.137 e. The fourth-order valence-corrected chi connectivity index (χ4v) is 7.00. The molecule has 3 heterocycles. The van der Waals surface area contributed by atoms with Crippen molar-refractivity contribution < 1.29 is 4.74 Å². The molecule has 0 aliphatic heterocycles. The average molecular weight is 619 g/mol. The van der Waals surface area contributed by atoms with Crippen molar-refractivity contribution in [2.24, 2.45) is 0 Å². The molecule has 4 aromatic carbocycles. The van der Waals surface area contributed by atoms with Crippen LogP contribution in [0.15, 0.2) is 97.2 Å². The first-order valence-corrected chi connectivity index (χ1v) is 16.6. The van der Waals surface area contributed by atoms with Crippen LogP contribution in [-0.4, -0.2) is 19.3 Å². The fraction of sp³-hybridized carbons (Fsp3) is 0.238. The second-order valence-corrected chi connectivity index (χ2v) is 13.5. The van der Waals surface area contributed by atoms with Crippen molar-refractivity contribution in [2.75, 3.05) is 0 Å². The Morgan fingerprint density at radius 1 is 0.617 bits per heavy atom. The number of nitrogens with zero attached hydrogens (tertiary/aromatic N) is 4. The van der Waals surface area contributed by atoms with Gasteiger partial charge in [-0.3, -0.25) is 4.57 Å². The number of ether oxygens (including phenoxy) is 1. The molecule has 0 unspecified atom stereocenters. The van der Waals surface area contributed by atoms with Crippen molar-refractivity contribution in [1.82, 2.24) is 19.3 Å². The summed E-state index contributed by atoms with van der Waals surface area (Å²) in [6.07, 6.45) is 1.87. The van der Waals surface area contributed by atoms with Gasteiger partial charge in [-0.1, -0.05) is 64.1 Å². The second kappa shape index (κ2) is 11.9. The first kappa shape index (κ1) is 30.5. The van der Waals surface area contributed by atoms with Crippen LogP contribution in [0.3, 0.4) is 0 Å². The maximum atomic E-state index is 6.67. The van der Waals surface area contributed by atoms with Crippen molar-refractivity contribution in [2.45, 2.75) is 67.2 Å². The quantitative estimate of drug-likeness (QED) is 0.178. The Labute approximate surface area is 277 Å². The molecule has 0 radical (unpaired) electrons. The zero-order chi connectivity index (χ0) is 33.0. The lowest BCUT2D eigenvalue weighted by Gasteiger charge is -2.17. The van der Waals surface area contributed by atoms with Gasteiger partial charge in [0, 0.05) is 34.7 Å². The van der Waals surface area contributed by atoms with Crippen LogP contribution < -0.4 is 4.74 Å². The molecule has 0 amide bonds. The highest BCUT2D eigenvalue weighted by molar-refractivity contribution is 6.09. The van der Waals surface area contributed by atoms with Gasteiger partial charge >= 0.3 is 0 Å². The predicted molar refractivity (Wildman–Crippen MR) is 195 cm³/mol. The Bertz CT molecular complexity index is 2260. The van der Waals surface area contributed by atoms with Crippen LogP contribution in [0.4, 0.5) is 0 Å². The Morgan fingerprint density at radius 2 is 1.36 bits per heavy atom. The maximum Gasteiger partial charge on any atom is 0.137 e. The summed E-state index contributed by atoms with van der Waals surface area (Å²) in [5.41, 5.74) is 12.9. The standard InChI is InChI=1S/C42H42N4O/c1-25(2)41-40(39-29(7)12-11-13-30(39)8)42(26(3)4)46(44-41)31-20-28(6)21-33(23-31)47-32-16-17-35-34-14-9-10-15-36(34)45(37(35)24-32)38-22-27(5)18-19-43-38/h9-26H,1-8H3. The van der Waals surface area contributed by atoms with Crippen molar-refractivity contribution in [1.29, 1.82) is 0 Å². The molecule has 7 rings (SSSR count). The number of pyridine rings is 1. The third-order valence-corrected chi connectivity index (χ3v) is 9.06. The van der Waals surface area contributed by atoms with Gasteiger partial charge in [-0.25, -0.2) is 9.67 Å². The molecule has 5 heteroatoms. The van der Waals surface area contributed by atoms with Gasteiger partial charge < -0.3 is 4.74 Å². The van der Waals surface area contributed by atoms with Crippen molar-refractivity contribution >= 4 is 21.8 Å². The molecule has 7 aromatic rings. The van der Waals surface area contributed by atoms with E-state index in [0.717, 1.165) is 45.3 Å². The molecule has 0 bridgehead atoms. The van der Waals surface area contributed by atoms with E-state index < -0.39 is 0 Å². The number of aryl methyl sites for hydroxylation is 4. The van der Waals surface area contributed by atoms with Crippen molar-refractivity contribution in [3.8, 4) is 34.1 Å². The molecular formula is C42H42N4O. The highest BCUT2D eigenvalue weighted by atomic mass is 16.5. The van der Waals surface area contributed by atoms with Crippen LogP contribution in [0, 0.1) is 27.7 Å². The molecule has 236 valence electrons. The number of benzene rings is 4. The summed E-state index contributed by atoms with van der Waals surface area (Å²) in [5.74, 6) is 2.97. The first-order chi connectivity index (χ1) is 22.6. The summed E-state index contributed by atoms with van der Waals surface area (Å²) in [4.78, 5) is 4.74. The molecule has 0 saturated carbocycles. The Morgan fingerprint density at radius 3 is 2.09 bits per heavy atom. The van der Waals surface area contributed by atoms with E-state index in [-0.39, 0.29) is 11.8 Å². The number of para-hydroxylation sites is 1. The van der Waals surface area contributed by atoms with Gasteiger partial charge in [0.25, 0.3) is 0 Å². The Kier molecular flexibility index (Phi) is 7.71. The number of hydrogen-bond acceptors (Lipinski definition) is 3. The van der Waals surface area contributed by atoms with Gasteiger partial charge in [0.2, 0.25) is 0 Å². The van der Waals surface area contributed by atoms with Crippen LogP contribution in [0.25, 0.3) is 44.4 Å². The average Bonchev–Trinajstić information content (AvgIpc) is 3.58. The molecule has 0 fully saturated rings. The molecule has 0 spiro atoms. The summed E-state index contributed by atoms with van der Waals surface area (Å²) >= 11 is 0. The third kappa shape index (κ3) is 5.40. The van der Waals surface area contributed by atoms with Gasteiger partial charge in [0.05, 0.1) is 28.1 Å². The van der Waals surface area contributed by atoms with E-state index in [1.165, 1.54) is 44.3 Å². The highest BCUT2D eigenvalue weighted by Gasteiger charge is 2.26. The first-order valence-electron chi connectivity index (χ1n) is 16.6. The summed E-state index contributed by atoms with van der Waals surface area (Å²) in [5, 5.41) is 7.67. The number of aromatic nitrogens is 4. The largest absolute Gasteiger partial charge is 0.457 e. The third-order valence-electron chi connectivity index (χ3n) is 9.06. The van der Waals surface area contributed by atoms with Crippen molar-refractivity contribution in [3.63, 3.8) is 0 Å². The van der Waals surface area contributed by atoms with E-state index >= 15 is 0 Å². The molecule has 0 aliphatic rings. The number of fused-ring (bicyclic) bond motifs is 3. The molecular weight excluding hydrogens is 576 g/mol. The van der Waals surface area contributed by atoms with Gasteiger partial charge in [-0.15, -0.1) is 0 Å². The number of rotatable bonds is 7. The van der Waals surface area contributed by atoms with Crippen LogP contribution in [0.5, 0.6) is 11.5 Å². The molecule has 47 heavy (non-hydrogen) atoms. The minimum atomic E-state index is 0.258. The lowest BCUT2D eigenvalue weighted by molar-refractivity contribution is 0.482. The highest BCUT2D eigenvalue weighted by Crippen LogP contribution is 2.41. The van der Waals surface area contributed by atoms with Gasteiger partial charge in [0.15, 0.2) is 0 Å². The second-order valence-electron chi connectivity index (χ2n) is 13.5. The fourth-order valence-electron chi connectivity index (χ4n) is 7.00. The lowest BCUT2D eigenvalue weighted by atomic mass is 9.88. The van der Waals surface area contributed by atoms with Crippen LogP contribution >= 0.6 is 0 Å². The SMILES string of the molecule is Cc1cc(Oc2ccc3c4ccccc4n(-c4cc(C)ccn4)c3c2)cc(-n2nc(C(C)C)c(-c3c(C)cccc3C)c2C(C)C)c1. The predicted octanol–water partition coefficient (Wildman–Crippen LogP) is 11.3. The summed E-state index contributed by atoms with van der Waals surface area (Å²) < 4.78 is 11.1. The number of hydrogen-bond donors (Lipinski definition) is 0. The minimum Gasteiger partial charge on any atom is -0.457 e. The molecule has 3 aromatic heterocycles. The lowest BCUT2D eigenvalue weighted by Crippen LogP contribution is -2.06. The van der Waals surface area contributed by atoms with E-state index in [0.29, 0.717) is 0 Å². The maximum absolute atomic E-state index is 6.67. The van der Waals surface area contributed by atoms with Crippen molar-refractivity contribution in [3.05, 3.63) is 131 Å². The normalized spacial score (nSPS) is 11.8. The summed E-state index contributed by atoms with van der Waals surface area (Å²) in [7, 11) is 0. The molecule has 0 atom stereocenters. The molecule has 0 aliphatic carbocycles. The molecule has 0 saturated heterocycles. The Hall–Kier alpha value is -5.16. The van der Waals surface area contributed by atoms with Gasteiger partial charge in [0.1, 0.15) is 17.3 Å². The Balaban J connectivity index is 1.36.